The highest BCUT2D eigenvalue weighted by Gasteiger charge is 1.97. The van der Waals surface area contributed by atoms with Crippen LogP contribution >= 0.6 is 0 Å². The topological polar surface area (TPSA) is 32.3 Å². The smallest absolute Gasteiger partial charge is 0.0604 e. The number of nitrogens with one attached hydrogen (secondary N) is 1. The lowest BCUT2D eigenvalue weighted by Crippen LogP contribution is -2.06. The van der Waals surface area contributed by atoms with Crippen molar-refractivity contribution in [1.29, 1.82) is 0 Å². The van der Waals surface area contributed by atoms with Gasteiger partial charge in [0.2, 0.25) is 0 Å². The summed E-state index contributed by atoms with van der Waals surface area (Å²) in [6.45, 7) is 2.86. The van der Waals surface area contributed by atoms with Crippen LogP contribution in [0.25, 0.3) is 12.2 Å². The zero-order chi connectivity index (χ0) is 14.2. The van der Waals surface area contributed by atoms with Crippen LogP contribution in [0.4, 0.5) is 5.69 Å². The number of hydrogen-bond acceptors (Lipinski definition) is 2. The van der Waals surface area contributed by atoms with Crippen LogP contribution in [0.5, 0.6) is 0 Å². The summed E-state index contributed by atoms with van der Waals surface area (Å²) in [5, 5.41) is 12.1. The summed E-state index contributed by atoms with van der Waals surface area (Å²) in [6.07, 6.45) is 5.28. The predicted molar refractivity (Wildman–Crippen MR) is 86.8 cm³/mol. The molecule has 0 aliphatic rings. The van der Waals surface area contributed by atoms with Crippen molar-refractivity contribution in [2.24, 2.45) is 0 Å². The molecule has 0 saturated heterocycles. The fourth-order valence-corrected chi connectivity index (χ4v) is 2.04. The van der Waals surface area contributed by atoms with Crippen LogP contribution in [0.15, 0.2) is 48.5 Å². The van der Waals surface area contributed by atoms with E-state index in [1.54, 1.807) is 0 Å². The Hall–Kier alpha value is -2.06. The van der Waals surface area contributed by atoms with Crippen LogP contribution in [0.1, 0.15) is 23.6 Å². The zero-order valence-corrected chi connectivity index (χ0v) is 11.8. The molecule has 2 aromatic carbocycles. The molecule has 0 heterocycles. The third kappa shape index (κ3) is 3.97. The number of rotatable bonds is 6. The monoisotopic (exact) mass is 267 g/mol. The Morgan fingerprint density at radius 3 is 2.45 bits per heavy atom. The molecular weight excluding hydrogens is 246 g/mol. The molecule has 2 nitrogen and oxygen atoms in total. The quantitative estimate of drug-likeness (QED) is 0.780. The summed E-state index contributed by atoms with van der Waals surface area (Å²) in [6, 6.07) is 16.7. The van der Waals surface area contributed by atoms with Crippen LogP contribution in [0, 0.1) is 0 Å². The Bertz CT molecular complexity index is 558. The summed E-state index contributed by atoms with van der Waals surface area (Å²) in [5.41, 5.74) is 4.72. The number of aryl methyl sites for hydroxylation is 1. The lowest BCUT2D eigenvalue weighted by molar-refractivity contribution is 0.311. The standard InChI is InChI=1S/C18H21NO/c1-2-15-7-9-16(10-8-15)11-12-17-5-3-4-6-18(17)19-13-14-20/h3-12,19-20H,2,13-14H2,1H3. The molecular formula is C18H21NO. The molecule has 0 atom stereocenters. The summed E-state index contributed by atoms with van der Waals surface area (Å²) >= 11 is 0. The van der Waals surface area contributed by atoms with E-state index in [4.69, 9.17) is 5.11 Å². The Kier molecular flexibility index (Phi) is 5.39. The van der Waals surface area contributed by atoms with E-state index in [1.807, 2.05) is 18.2 Å². The number of para-hydroxylation sites is 1. The van der Waals surface area contributed by atoms with Gasteiger partial charge in [0.05, 0.1) is 6.61 Å². The molecule has 0 bridgehead atoms. The average molecular weight is 267 g/mol. The second-order valence-corrected chi connectivity index (χ2v) is 4.67. The number of benzene rings is 2. The molecule has 2 N–H and O–H groups in total. The first-order chi connectivity index (χ1) is 9.83. The Morgan fingerprint density at radius 2 is 1.75 bits per heavy atom. The molecule has 0 aromatic heterocycles. The predicted octanol–water partition coefficient (Wildman–Crippen LogP) is 3.82. The van der Waals surface area contributed by atoms with Crippen molar-refractivity contribution in [3.63, 3.8) is 0 Å². The highest BCUT2D eigenvalue weighted by Crippen LogP contribution is 2.18. The van der Waals surface area contributed by atoms with Crippen LogP contribution in [0.3, 0.4) is 0 Å². The van der Waals surface area contributed by atoms with E-state index in [1.165, 1.54) is 11.1 Å². The van der Waals surface area contributed by atoms with E-state index in [0.717, 1.165) is 17.7 Å². The molecule has 0 spiro atoms. The van der Waals surface area contributed by atoms with Crippen LogP contribution in [0.2, 0.25) is 0 Å². The van der Waals surface area contributed by atoms with Gasteiger partial charge in [-0.3, -0.25) is 0 Å². The van der Waals surface area contributed by atoms with Crippen molar-refractivity contribution in [2.45, 2.75) is 13.3 Å². The maximum absolute atomic E-state index is 8.90. The minimum atomic E-state index is 0.135. The number of hydrogen-bond donors (Lipinski definition) is 2. The number of aliphatic hydroxyl groups is 1. The first kappa shape index (κ1) is 14.4. The van der Waals surface area contributed by atoms with Gasteiger partial charge in [-0.1, -0.05) is 61.5 Å². The van der Waals surface area contributed by atoms with Gasteiger partial charge in [0.15, 0.2) is 0 Å². The third-order valence-corrected chi connectivity index (χ3v) is 3.23. The van der Waals surface area contributed by atoms with Gasteiger partial charge >= 0.3 is 0 Å². The van der Waals surface area contributed by atoms with Gasteiger partial charge in [-0.05, 0) is 29.2 Å². The van der Waals surface area contributed by atoms with Gasteiger partial charge in [0, 0.05) is 12.2 Å². The maximum Gasteiger partial charge on any atom is 0.0604 e. The summed E-state index contributed by atoms with van der Waals surface area (Å²) in [4.78, 5) is 0. The first-order valence-corrected chi connectivity index (χ1v) is 7.04. The van der Waals surface area contributed by atoms with Gasteiger partial charge in [0.25, 0.3) is 0 Å². The molecule has 104 valence electrons. The van der Waals surface area contributed by atoms with Crippen molar-refractivity contribution < 1.29 is 5.11 Å². The van der Waals surface area contributed by atoms with Crippen molar-refractivity contribution in [2.75, 3.05) is 18.5 Å². The summed E-state index contributed by atoms with van der Waals surface area (Å²) in [7, 11) is 0. The van der Waals surface area contributed by atoms with Gasteiger partial charge in [-0.15, -0.1) is 0 Å². The van der Waals surface area contributed by atoms with E-state index < -0.39 is 0 Å². The molecule has 2 aromatic rings. The minimum absolute atomic E-state index is 0.135. The first-order valence-electron chi connectivity index (χ1n) is 7.04. The normalized spacial score (nSPS) is 10.9. The Labute approximate surface area is 120 Å². The molecule has 2 rings (SSSR count). The fraction of sp³-hybridized carbons (Fsp3) is 0.222. The SMILES string of the molecule is CCc1ccc(C=Cc2ccccc2NCCO)cc1. The lowest BCUT2D eigenvalue weighted by Gasteiger charge is -2.07. The van der Waals surface area contributed by atoms with E-state index in [9.17, 15) is 0 Å². The summed E-state index contributed by atoms with van der Waals surface area (Å²) in [5.74, 6) is 0. The molecule has 0 saturated carbocycles. The molecule has 2 heteroatoms. The zero-order valence-electron chi connectivity index (χ0n) is 11.8. The van der Waals surface area contributed by atoms with E-state index >= 15 is 0 Å². The van der Waals surface area contributed by atoms with E-state index in [2.05, 4.69) is 54.7 Å². The second-order valence-electron chi connectivity index (χ2n) is 4.67. The molecule has 0 radical (unpaired) electrons. The van der Waals surface area contributed by atoms with Gasteiger partial charge in [-0.25, -0.2) is 0 Å². The van der Waals surface area contributed by atoms with Crippen molar-refractivity contribution >= 4 is 17.8 Å². The minimum Gasteiger partial charge on any atom is -0.395 e. The fourth-order valence-electron chi connectivity index (χ4n) is 2.04. The molecule has 0 aliphatic carbocycles. The van der Waals surface area contributed by atoms with Gasteiger partial charge < -0.3 is 10.4 Å². The molecule has 0 fully saturated rings. The molecule has 0 amide bonds. The molecule has 0 aliphatic heterocycles. The van der Waals surface area contributed by atoms with Crippen LogP contribution in [-0.2, 0) is 6.42 Å². The van der Waals surface area contributed by atoms with Crippen molar-refractivity contribution in [3.05, 3.63) is 65.2 Å². The highest BCUT2D eigenvalue weighted by atomic mass is 16.3. The maximum atomic E-state index is 8.90. The van der Waals surface area contributed by atoms with E-state index in [0.29, 0.717) is 6.54 Å². The van der Waals surface area contributed by atoms with Gasteiger partial charge in [0.1, 0.15) is 0 Å². The van der Waals surface area contributed by atoms with E-state index in [-0.39, 0.29) is 6.61 Å². The summed E-state index contributed by atoms with van der Waals surface area (Å²) < 4.78 is 0. The largest absolute Gasteiger partial charge is 0.395 e. The second kappa shape index (κ2) is 7.51. The van der Waals surface area contributed by atoms with Gasteiger partial charge in [-0.2, -0.15) is 0 Å². The molecule has 20 heavy (non-hydrogen) atoms. The third-order valence-electron chi connectivity index (χ3n) is 3.23. The van der Waals surface area contributed by atoms with Crippen LogP contribution in [-0.4, -0.2) is 18.3 Å². The highest BCUT2D eigenvalue weighted by molar-refractivity contribution is 5.76. The van der Waals surface area contributed by atoms with Crippen molar-refractivity contribution in [1.82, 2.24) is 0 Å². The number of aliphatic hydroxyl groups excluding tert-OH is 1. The van der Waals surface area contributed by atoms with Crippen molar-refractivity contribution in [3.8, 4) is 0 Å². The number of anilines is 1. The lowest BCUT2D eigenvalue weighted by atomic mass is 10.1. The molecule has 0 unspecified atom stereocenters. The Morgan fingerprint density at radius 1 is 1.00 bits per heavy atom. The average Bonchev–Trinajstić information content (AvgIpc) is 2.52. The van der Waals surface area contributed by atoms with Crippen LogP contribution < -0.4 is 5.32 Å². The Balaban J connectivity index is 2.13.